The van der Waals surface area contributed by atoms with Crippen molar-refractivity contribution in [1.82, 2.24) is 0 Å². The number of rotatable bonds is 3. The third-order valence-corrected chi connectivity index (χ3v) is 7.33. The minimum Gasteiger partial charge on any atom is -0.507 e. The highest BCUT2D eigenvalue weighted by Crippen LogP contribution is 2.52. The number of hydrogen-bond donors (Lipinski definition) is 6. The van der Waals surface area contributed by atoms with Crippen LogP contribution in [-0.2, 0) is 20.2 Å². The zero-order valence-corrected chi connectivity index (χ0v) is 16.5. The van der Waals surface area contributed by atoms with E-state index in [1.165, 1.54) is 18.2 Å². The molecule has 0 aliphatic heterocycles. The molecule has 4 aromatic carbocycles. The molecule has 0 atom stereocenters. The molecule has 0 radical (unpaired) electrons. The summed E-state index contributed by atoms with van der Waals surface area (Å²) in [4.78, 5) is -2.05. The first-order valence-corrected chi connectivity index (χ1v) is 12.0. The van der Waals surface area contributed by atoms with E-state index in [2.05, 4.69) is 0 Å². The van der Waals surface area contributed by atoms with Crippen LogP contribution in [0.3, 0.4) is 0 Å². The zero-order valence-electron chi connectivity index (χ0n) is 14.0. The van der Waals surface area contributed by atoms with Gasteiger partial charge in [0.25, 0.3) is 20.2 Å². The summed E-state index contributed by atoms with van der Waals surface area (Å²) in [5.41, 5.74) is 0. The fourth-order valence-corrected chi connectivity index (χ4v) is 5.77. The maximum Gasteiger partial charge on any atom is 0.295 e. The average Bonchev–Trinajstić information content (AvgIpc) is 2.57. The Bertz CT molecular complexity index is 1530. The van der Waals surface area contributed by atoms with Gasteiger partial charge in [0.15, 0.2) is 0 Å². The summed E-state index contributed by atoms with van der Waals surface area (Å²) in [6.45, 7) is 0. The highest BCUT2D eigenvalue weighted by Gasteiger charge is 2.29. The normalized spacial score (nSPS) is 14.2. The van der Waals surface area contributed by atoms with Gasteiger partial charge in [0.1, 0.15) is 26.4 Å². The molecule has 154 valence electrons. The Hall–Kier alpha value is -2.23. The van der Waals surface area contributed by atoms with Gasteiger partial charge in [-0.25, -0.2) is 0 Å². The van der Waals surface area contributed by atoms with Crippen LogP contribution in [0.1, 0.15) is 0 Å². The molecule has 0 bridgehead atoms. The summed E-state index contributed by atoms with van der Waals surface area (Å²) in [5, 5.41) is 9.96. The molecule has 0 spiro atoms. The number of phenolic OH excluding ortho intramolecular Hbond substituents is 1. The summed E-state index contributed by atoms with van der Waals surface area (Å²) < 4.78 is 95.8. The van der Waals surface area contributed by atoms with Crippen LogP contribution in [-0.4, -0.2) is 44.7 Å². The molecule has 0 amide bonds. The predicted molar refractivity (Wildman–Crippen MR) is 105 cm³/mol. The number of aromatic hydroxyl groups is 1. The van der Waals surface area contributed by atoms with Crippen LogP contribution < -0.4 is 0 Å². The number of phenols is 1. The van der Waals surface area contributed by atoms with Gasteiger partial charge in [-0.1, -0.05) is 18.2 Å². The first-order valence-electron chi connectivity index (χ1n) is 7.64. The van der Waals surface area contributed by atoms with E-state index in [-0.39, 0.29) is 32.3 Å². The van der Waals surface area contributed by atoms with Gasteiger partial charge in [-0.05, 0) is 12.1 Å². The van der Waals surface area contributed by atoms with Crippen LogP contribution in [0.15, 0.2) is 51.1 Å². The van der Waals surface area contributed by atoms with E-state index >= 15 is 0 Å². The third-order valence-electron chi connectivity index (χ3n) is 4.61. The van der Waals surface area contributed by atoms with Crippen molar-refractivity contribution in [2.75, 3.05) is 0 Å². The smallest absolute Gasteiger partial charge is 0.295 e. The Morgan fingerprint density at radius 1 is 0.552 bits per heavy atom. The first kappa shape index (κ1) is 20.1. The molecular formula is C16H12O10S3. The largest absolute Gasteiger partial charge is 0.507 e. The molecule has 4 aromatic rings. The molecule has 13 heteroatoms. The fraction of sp³-hybridized carbons (Fsp3) is 0. The van der Waals surface area contributed by atoms with Crippen LogP contribution in [0.5, 0.6) is 5.75 Å². The van der Waals surface area contributed by atoms with E-state index in [1.807, 2.05) is 0 Å². The molecule has 0 fully saturated rings. The second-order valence-corrected chi connectivity index (χ2v) is 10.6. The molecule has 6 N–H and O–H groups in total. The minimum atomic E-state index is -4.91. The molecule has 0 aliphatic carbocycles. The number of benzene rings is 4. The van der Waals surface area contributed by atoms with E-state index in [0.717, 1.165) is 12.1 Å². The molecule has 10 nitrogen and oxygen atoms in total. The zero-order chi connectivity index (χ0) is 21.5. The molecular weight excluding hydrogens is 448 g/mol. The lowest BCUT2D eigenvalue weighted by Crippen LogP contribution is -2.05. The molecule has 4 rings (SSSR count). The standard InChI is InChI=1S/C16H12O10S3/c17-11-5-12(27(18,19)20)8-3-4-10-14(29(24,25)26)6-13(28(21,22)23)9-2-1-7(11)15(8)16(9)10/h1-6,17,21-23H,(H,18,19,20)(H,24,25,26). The van der Waals surface area contributed by atoms with Crippen LogP contribution in [0.25, 0.3) is 32.3 Å². The van der Waals surface area contributed by atoms with Gasteiger partial charge in [-0.3, -0.25) is 9.11 Å². The van der Waals surface area contributed by atoms with E-state index in [4.69, 9.17) is 0 Å². The van der Waals surface area contributed by atoms with E-state index in [0.29, 0.717) is 6.07 Å². The van der Waals surface area contributed by atoms with Crippen molar-refractivity contribution in [1.29, 1.82) is 0 Å². The van der Waals surface area contributed by atoms with E-state index in [9.17, 15) is 44.7 Å². The summed E-state index contributed by atoms with van der Waals surface area (Å²) in [7, 11) is -14.2. The van der Waals surface area contributed by atoms with Crippen LogP contribution in [0, 0.1) is 0 Å². The predicted octanol–water partition coefficient (Wildman–Crippen LogP) is 3.37. The first-order chi connectivity index (χ1) is 13.2. The topological polar surface area (TPSA) is 190 Å². The Labute approximate surface area is 165 Å². The Morgan fingerprint density at radius 2 is 0.931 bits per heavy atom. The van der Waals surface area contributed by atoms with Gasteiger partial charge in [0.05, 0.1) is 4.90 Å². The summed E-state index contributed by atoms with van der Waals surface area (Å²) in [5.74, 6) is -0.547. The Balaban J connectivity index is 2.43. The van der Waals surface area contributed by atoms with Crippen molar-refractivity contribution in [3.8, 4) is 5.75 Å². The summed E-state index contributed by atoms with van der Waals surface area (Å²) in [6, 6.07) is 6.43. The SMILES string of the molecule is O=S(=O)(O)c1cc(O)c2ccc3c(S(O)(O)O)cc(S(=O)(=O)O)c4ccc1c2c34. The molecule has 0 saturated heterocycles. The number of hydrogen-bond acceptors (Lipinski definition) is 8. The van der Waals surface area contributed by atoms with Crippen molar-refractivity contribution < 1.29 is 44.7 Å². The van der Waals surface area contributed by atoms with Gasteiger partial charge in [-0.15, -0.1) is 0 Å². The second-order valence-electron chi connectivity index (χ2n) is 6.31. The third kappa shape index (κ3) is 2.99. The maximum absolute atomic E-state index is 11.9. The summed E-state index contributed by atoms with van der Waals surface area (Å²) >= 11 is 0. The van der Waals surface area contributed by atoms with Crippen LogP contribution in [0.2, 0.25) is 0 Å². The Kier molecular flexibility index (Phi) is 4.08. The van der Waals surface area contributed by atoms with Gasteiger partial charge < -0.3 is 18.8 Å². The fourth-order valence-electron chi connectivity index (χ4n) is 3.53. The van der Waals surface area contributed by atoms with Gasteiger partial charge >= 0.3 is 0 Å². The average molecular weight is 460 g/mol. The molecule has 0 saturated carbocycles. The van der Waals surface area contributed by atoms with Crippen molar-refractivity contribution in [2.45, 2.75) is 14.7 Å². The highest BCUT2D eigenvalue weighted by atomic mass is 32.3. The Morgan fingerprint density at radius 3 is 1.38 bits per heavy atom. The van der Waals surface area contributed by atoms with Crippen molar-refractivity contribution in [3.05, 3.63) is 36.4 Å². The van der Waals surface area contributed by atoms with Gasteiger partial charge in [0.2, 0.25) is 0 Å². The van der Waals surface area contributed by atoms with Crippen LogP contribution >= 0.6 is 10.9 Å². The lowest BCUT2D eigenvalue weighted by molar-refractivity contribution is 0.377. The van der Waals surface area contributed by atoms with E-state index < -0.39 is 51.5 Å². The highest BCUT2D eigenvalue weighted by molar-refractivity contribution is 8.19. The lowest BCUT2D eigenvalue weighted by Gasteiger charge is -2.24. The molecule has 0 unspecified atom stereocenters. The molecule has 0 aromatic heterocycles. The molecule has 0 aliphatic rings. The van der Waals surface area contributed by atoms with Crippen molar-refractivity contribution in [3.63, 3.8) is 0 Å². The monoisotopic (exact) mass is 460 g/mol. The lowest BCUT2D eigenvalue weighted by atomic mass is 9.94. The summed E-state index contributed by atoms with van der Waals surface area (Å²) in [6.07, 6.45) is 0. The molecule has 29 heavy (non-hydrogen) atoms. The van der Waals surface area contributed by atoms with E-state index in [1.54, 1.807) is 0 Å². The van der Waals surface area contributed by atoms with Crippen molar-refractivity contribution >= 4 is 63.4 Å². The quantitative estimate of drug-likeness (QED) is 0.195. The van der Waals surface area contributed by atoms with Gasteiger partial charge in [-0.2, -0.15) is 16.8 Å². The maximum atomic E-state index is 11.9. The van der Waals surface area contributed by atoms with Crippen molar-refractivity contribution in [2.24, 2.45) is 0 Å². The molecule has 0 heterocycles. The minimum absolute atomic E-state index is 0.0250. The van der Waals surface area contributed by atoms with Crippen LogP contribution in [0.4, 0.5) is 0 Å². The van der Waals surface area contributed by atoms with Gasteiger partial charge in [0, 0.05) is 38.4 Å². The second kappa shape index (κ2) is 5.90.